The van der Waals surface area contributed by atoms with Gasteiger partial charge in [0.1, 0.15) is 16.2 Å². The number of carbonyl (C=O) groups is 2. The summed E-state index contributed by atoms with van der Waals surface area (Å²) >= 11 is 3.02. The topological polar surface area (TPSA) is 84.9 Å². The van der Waals surface area contributed by atoms with Crippen molar-refractivity contribution in [2.24, 2.45) is 0 Å². The van der Waals surface area contributed by atoms with Gasteiger partial charge in [0.2, 0.25) is 5.78 Å². The van der Waals surface area contributed by atoms with Crippen molar-refractivity contribution >= 4 is 45.1 Å². The zero-order chi connectivity index (χ0) is 20.4. The first kappa shape index (κ1) is 19.4. The van der Waals surface area contributed by atoms with Crippen molar-refractivity contribution in [1.82, 2.24) is 15.0 Å². The number of rotatable bonds is 6. The summed E-state index contributed by atoms with van der Waals surface area (Å²) in [5.74, 6) is -0.827. The summed E-state index contributed by atoms with van der Waals surface area (Å²) in [5, 5.41) is 1.80. The number of esters is 1. The minimum absolute atomic E-state index is 0.282. The maximum absolute atomic E-state index is 12.6. The fourth-order valence-corrected chi connectivity index (χ4v) is 4.98. The quantitative estimate of drug-likeness (QED) is 0.272. The van der Waals surface area contributed by atoms with Crippen LogP contribution in [0.4, 0.5) is 0 Å². The van der Waals surface area contributed by atoms with Gasteiger partial charge in [0.25, 0.3) is 0 Å². The molecule has 8 heteroatoms. The van der Waals surface area contributed by atoms with Crippen LogP contribution in [0.25, 0.3) is 10.2 Å². The van der Waals surface area contributed by atoms with Crippen LogP contribution in [-0.4, -0.2) is 33.3 Å². The number of H-pyrrole nitrogens is 1. The molecule has 1 N–H and O–H groups in total. The van der Waals surface area contributed by atoms with Crippen molar-refractivity contribution < 1.29 is 14.3 Å². The number of nitrogens with one attached hydrogen (secondary N) is 1. The molecular weight excluding hydrogens is 406 g/mol. The molecule has 0 unspecified atom stereocenters. The van der Waals surface area contributed by atoms with Crippen molar-refractivity contribution in [2.75, 3.05) is 6.61 Å². The molecule has 4 aromatic rings. The van der Waals surface area contributed by atoms with Crippen molar-refractivity contribution in [3.8, 4) is 0 Å². The highest BCUT2D eigenvalue weighted by Crippen LogP contribution is 2.38. The van der Waals surface area contributed by atoms with E-state index in [0.717, 1.165) is 20.8 Å². The Morgan fingerprint density at radius 2 is 1.97 bits per heavy atom. The summed E-state index contributed by atoms with van der Waals surface area (Å²) in [7, 11) is 0. The van der Waals surface area contributed by atoms with Crippen LogP contribution in [0, 0.1) is 13.8 Å². The predicted molar refractivity (Wildman–Crippen MR) is 113 cm³/mol. The number of aryl methyl sites for hydroxylation is 2. The molecule has 1 aromatic carbocycles. The van der Waals surface area contributed by atoms with Crippen molar-refractivity contribution in [2.45, 2.75) is 23.8 Å². The van der Waals surface area contributed by atoms with Crippen LogP contribution in [0.1, 0.15) is 31.3 Å². The van der Waals surface area contributed by atoms with Gasteiger partial charge in [-0.25, -0.2) is 14.8 Å². The molecule has 0 fully saturated rings. The number of thiophene rings is 1. The van der Waals surface area contributed by atoms with E-state index in [2.05, 4.69) is 21.9 Å². The van der Waals surface area contributed by atoms with E-state index in [-0.39, 0.29) is 12.4 Å². The largest absolute Gasteiger partial charge is 0.454 e. The van der Waals surface area contributed by atoms with Crippen molar-refractivity contribution in [1.29, 1.82) is 0 Å². The summed E-state index contributed by atoms with van der Waals surface area (Å²) in [5.41, 5.74) is 1.95. The normalized spacial score (nSPS) is 11.0. The highest BCUT2D eigenvalue weighted by molar-refractivity contribution is 7.99. The van der Waals surface area contributed by atoms with E-state index in [1.165, 1.54) is 23.0 Å². The smallest absolute Gasteiger partial charge is 0.339 e. The van der Waals surface area contributed by atoms with Gasteiger partial charge in [0.15, 0.2) is 6.61 Å². The number of benzene rings is 1. The zero-order valence-electron chi connectivity index (χ0n) is 15.8. The molecule has 146 valence electrons. The third-order valence-electron chi connectivity index (χ3n) is 4.48. The van der Waals surface area contributed by atoms with E-state index < -0.39 is 5.97 Å². The van der Waals surface area contributed by atoms with Crippen LogP contribution in [0.15, 0.2) is 58.8 Å². The standard InChI is InChI=1S/C21H17N3O3S2/c1-12-13(2)28-19-18(12)20(24-11-23-19)29-17-8-4-3-6-14(17)21(26)27-10-16(25)15-7-5-9-22-15/h3-9,11,22H,10H2,1-2H3. The average Bonchev–Trinajstić information content (AvgIpc) is 3.36. The summed E-state index contributed by atoms with van der Waals surface area (Å²) in [4.78, 5) is 39.1. The van der Waals surface area contributed by atoms with Crippen LogP contribution in [0.3, 0.4) is 0 Å². The molecule has 3 aromatic heterocycles. The van der Waals surface area contributed by atoms with E-state index >= 15 is 0 Å². The van der Waals surface area contributed by atoms with E-state index in [9.17, 15) is 9.59 Å². The Labute approximate surface area is 175 Å². The maximum atomic E-state index is 12.6. The lowest BCUT2D eigenvalue weighted by molar-refractivity contribution is 0.0470. The second-order valence-corrected chi connectivity index (χ2v) is 8.56. The van der Waals surface area contributed by atoms with Crippen molar-refractivity contribution in [3.05, 3.63) is 70.6 Å². The van der Waals surface area contributed by atoms with Crippen LogP contribution >= 0.6 is 23.1 Å². The molecule has 0 aliphatic rings. The summed E-state index contributed by atoms with van der Waals surface area (Å²) < 4.78 is 5.25. The molecule has 0 amide bonds. The summed E-state index contributed by atoms with van der Waals surface area (Å²) in [6.07, 6.45) is 3.19. The van der Waals surface area contributed by atoms with E-state index in [1.54, 1.807) is 41.8 Å². The third kappa shape index (κ3) is 3.94. The number of carbonyl (C=O) groups excluding carboxylic acids is 2. The molecule has 4 rings (SSSR count). The monoisotopic (exact) mass is 423 g/mol. The first-order valence-electron chi connectivity index (χ1n) is 8.86. The number of fused-ring (bicyclic) bond motifs is 1. The average molecular weight is 424 g/mol. The molecular formula is C21H17N3O3S2. The maximum Gasteiger partial charge on any atom is 0.339 e. The molecule has 0 bridgehead atoms. The van der Waals surface area contributed by atoms with E-state index in [4.69, 9.17) is 4.74 Å². The Morgan fingerprint density at radius 3 is 2.76 bits per heavy atom. The molecule has 3 heterocycles. The first-order valence-corrected chi connectivity index (χ1v) is 10.5. The van der Waals surface area contributed by atoms with Crippen LogP contribution in [0.5, 0.6) is 0 Å². The van der Waals surface area contributed by atoms with Gasteiger partial charge in [0.05, 0.1) is 11.3 Å². The van der Waals surface area contributed by atoms with Gasteiger partial charge < -0.3 is 9.72 Å². The van der Waals surface area contributed by atoms with E-state index in [0.29, 0.717) is 16.2 Å². The fourth-order valence-electron chi connectivity index (χ4n) is 2.85. The van der Waals surface area contributed by atoms with Gasteiger partial charge in [-0.15, -0.1) is 11.3 Å². The lowest BCUT2D eigenvalue weighted by Gasteiger charge is -2.09. The van der Waals surface area contributed by atoms with Gasteiger partial charge in [-0.3, -0.25) is 4.79 Å². The predicted octanol–water partition coefficient (Wildman–Crippen LogP) is 4.83. The second-order valence-electron chi connectivity index (χ2n) is 6.32. The minimum atomic E-state index is -0.545. The SMILES string of the molecule is Cc1sc2ncnc(Sc3ccccc3C(=O)OCC(=O)c3ccc[nH]3)c2c1C. The number of aromatic nitrogens is 3. The fraction of sp³-hybridized carbons (Fsp3) is 0.143. The van der Waals surface area contributed by atoms with E-state index in [1.807, 2.05) is 19.1 Å². The van der Waals surface area contributed by atoms with Crippen LogP contribution in [-0.2, 0) is 4.74 Å². The Kier molecular flexibility index (Phi) is 5.46. The van der Waals surface area contributed by atoms with Gasteiger partial charge in [-0.1, -0.05) is 23.9 Å². The van der Waals surface area contributed by atoms with Crippen LogP contribution in [0.2, 0.25) is 0 Å². The Morgan fingerprint density at radius 1 is 1.14 bits per heavy atom. The van der Waals surface area contributed by atoms with Gasteiger partial charge in [0, 0.05) is 21.4 Å². The first-order chi connectivity index (χ1) is 14.0. The summed E-state index contributed by atoms with van der Waals surface area (Å²) in [6.45, 7) is 3.79. The third-order valence-corrected chi connectivity index (χ3v) is 6.67. The molecule has 0 aliphatic carbocycles. The zero-order valence-corrected chi connectivity index (χ0v) is 17.4. The molecule has 29 heavy (non-hydrogen) atoms. The molecule has 0 radical (unpaired) electrons. The van der Waals surface area contributed by atoms with Crippen molar-refractivity contribution in [3.63, 3.8) is 0 Å². The highest BCUT2D eigenvalue weighted by Gasteiger charge is 2.19. The number of aromatic amines is 1. The van der Waals surface area contributed by atoms with Crippen LogP contribution < -0.4 is 0 Å². The number of nitrogens with zero attached hydrogens (tertiary/aromatic N) is 2. The minimum Gasteiger partial charge on any atom is -0.454 e. The summed E-state index contributed by atoms with van der Waals surface area (Å²) in [6, 6.07) is 10.5. The molecule has 0 atom stereocenters. The number of Topliss-reactive ketones (excluding diaryl/α,β-unsaturated/α-hetero) is 1. The second kappa shape index (κ2) is 8.18. The Balaban J connectivity index is 1.57. The number of ketones is 1. The number of hydrogen-bond donors (Lipinski definition) is 1. The number of hydrogen-bond acceptors (Lipinski definition) is 7. The Hall–Kier alpha value is -2.97. The lowest BCUT2D eigenvalue weighted by Crippen LogP contribution is -2.15. The lowest BCUT2D eigenvalue weighted by atomic mass is 10.2. The molecule has 0 spiro atoms. The highest BCUT2D eigenvalue weighted by atomic mass is 32.2. The number of ether oxygens (including phenoxy) is 1. The van der Waals surface area contributed by atoms with Gasteiger partial charge in [-0.2, -0.15) is 0 Å². The molecule has 0 aliphatic heterocycles. The van der Waals surface area contributed by atoms with Gasteiger partial charge >= 0.3 is 5.97 Å². The Bertz CT molecular complexity index is 1200. The van der Waals surface area contributed by atoms with Gasteiger partial charge in [-0.05, 0) is 43.7 Å². The molecule has 0 saturated heterocycles. The molecule has 0 saturated carbocycles. The molecule has 6 nitrogen and oxygen atoms in total.